The highest BCUT2D eigenvalue weighted by atomic mass is 32.2. The fraction of sp³-hybridized carbons (Fsp3) is 0.538. The lowest BCUT2D eigenvalue weighted by Gasteiger charge is -2.32. The van der Waals surface area contributed by atoms with Gasteiger partial charge in [-0.3, -0.25) is 15.6 Å². The minimum Gasteiger partial charge on any atom is -0.337 e. The van der Waals surface area contributed by atoms with Crippen LogP contribution in [0.5, 0.6) is 0 Å². The van der Waals surface area contributed by atoms with Crippen LogP contribution in [0.3, 0.4) is 0 Å². The number of carbonyl (C=O) groups is 1. The van der Waals surface area contributed by atoms with Crippen molar-refractivity contribution in [2.45, 2.75) is 25.5 Å². The van der Waals surface area contributed by atoms with Crippen LogP contribution in [0.4, 0.5) is 5.69 Å². The Hall–Kier alpha value is -1.27. The van der Waals surface area contributed by atoms with Crippen LogP contribution in [-0.4, -0.2) is 39.9 Å². The van der Waals surface area contributed by atoms with E-state index in [0.717, 1.165) is 31.0 Å². The molecule has 1 aromatic rings. The first-order valence-corrected chi connectivity index (χ1v) is 7.54. The third-order valence-corrected chi connectivity index (χ3v) is 4.68. The molecule has 5 nitrogen and oxygen atoms in total. The highest BCUT2D eigenvalue weighted by Crippen LogP contribution is 2.24. The molecule has 0 bridgehead atoms. The Morgan fingerprint density at radius 3 is 3.16 bits per heavy atom. The van der Waals surface area contributed by atoms with Crippen molar-refractivity contribution >= 4 is 23.4 Å². The zero-order chi connectivity index (χ0) is 13.8. The first kappa shape index (κ1) is 14.1. The number of nitrogen functional groups attached to an aromatic ring is 1. The number of pyridine rings is 1. The molecule has 1 aliphatic rings. The molecule has 0 spiro atoms. The number of rotatable bonds is 3. The minimum absolute atomic E-state index is 0.0131. The van der Waals surface area contributed by atoms with Crippen molar-refractivity contribution in [1.82, 2.24) is 9.88 Å². The summed E-state index contributed by atoms with van der Waals surface area (Å²) in [5, 5.41) is 0.533. The van der Waals surface area contributed by atoms with Crippen LogP contribution in [0.2, 0.25) is 0 Å². The highest BCUT2D eigenvalue weighted by Gasteiger charge is 2.25. The molecule has 3 N–H and O–H groups in total. The summed E-state index contributed by atoms with van der Waals surface area (Å²) in [5.41, 5.74) is 4.62. The van der Waals surface area contributed by atoms with Gasteiger partial charge in [-0.1, -0.05) is 6.92 Å². The van der Waals surface area contributed by atoms with Gasteiger partial charge in [-0.15, -0.1) is 0 Å². The fourth-order valence-electron chi connectivity index (χ4n) is 2.17. The van der Waals surface area contributed by atoms with E-state index in [-0.39, 0.29) is 5.91 Å². The number of thioether (sulfide) groups is 1. The topological polar surface area (TPSA) is 71.2 Å². The Labute approximate surface area is 117 Å². The van der Waals surface area contributed by atoms with Crippen molar-refractivity contribution in [3.05, 3.63) is 23.5 Å². The molecule has 1 fully saturated rings. The second-order valence-electron chi connectivity index (χ2n) is 4.67. The van der Waals surface area contributed by atoms with Crippen molar-refractivity contribution in [1.29, 1.82) is 0 Å². The van der Waals surface area contributed by atoms with E-state index in [0.29, 0.717) is 16.5 Å². The van der Waals surface area contributed by atoms with Gasteiger partial charge in [-0.05, 0) is 19.4 Å². The van der Waals surface area contributed by atoms with Crippen LogP contribution in [0.25, 0.3) is 0 Å². The number of amides is 1. The molecule has 104 valence electrons. The second-order valence-corrected chi connectivity index (χ2v) is 6.08. The summed E-state index contributed by atoms with van der Waals surface area (Å²) in [5.74, 6) is 6.50. The normalized spacial score (nSPS) is 19.3. The molecule has 6 heteroatoms. The number of nitrogens with two attached hydrogens (primary N) is 1. The van der Waals surface area contributed by atoms with Crippen molar-refractivity contribution in [3.8, 4) is 0 Å². The van der Waals surface area contributed by atoms with E-state index < -0.39 is 0 Å². The number of anilines is 1. The fourth-order valence-corrected chi connectivity index (χ4v) is 3.35. The number of hydrogen-bond donors (Lipinski definition) is 2. The van der Waals surface area contributed by atoms with Gasteiger partial charge in [0.2, 0.25) is 0 Å². The number of carbonyl (C=O) groups excluding carboxylic acids is 1. The number of hydrazine groups is 1. The lowest BCUT2D eigenvalue weighted by molar-refractivity contribution is 0.0761. The Kier molecular flexibility index (Phi) is 4.66. The number of hydrogen-bond acceptors (Lipinski definition) is 5. The zero-order valence-corrected chi connectivity index (χ0v) is 12.2. The molecule has 1 atom stereocenters. The number of nitrogens with one attached hydrogen (secondary N) is 1. The maximum atomic E-state index is 12.5. The summed E-state index contributed by atoms with van der Waals surface area (Å²) in [6, 6.07) is 1.79. The summed E-state index contributed by atoms with van der Waals surface area (Å²) in [4.78, 5) is 18.6. The molecule has 0 aromatic carbocycles. The Balaban J connectivity index is 2.19. The SMILES string of the molecule is CCC1CN(C(=O)c2cnc(C)cc2NN)CCS1. The van der Waals surface area contributed by atoms with Crippen molar-refractivity contribution in [2.24, 2.45) is 5.84 Å². The van der Waals surface area contributed by atoms with E-state index in [1.807, 2.05) is 23.6 Å². The average Bonchev–Trinajstić information content (AvgIpc) is 2.46. The van der Waals surface area contributed by atoms with E-state index in [4.69, 9.17) is 5.84 Å². The van der Waals surface area contributed by atoms with E-state index >= 15 is 0 Å². The average molecular weight is 280 g/mol. The van der Waals surface area contributed by atoms with Crippen LogP contribution >= 0.6 is 11.8 Å². The number of aromatic nitrogens is 1. The molecule has 19 heavy (non-hydrogen) atoms. The van der Waals surface area contributed by atoms with Gasteiger partial charge in [-0.25, -0.2) is 0 Å². The molecule has 0 aliphatic carbocycles. The van der Waals surface area contributed by atoms with Gasteiger partial charge in [0.05, 0.1) is 11.3 Å². The largest absolute Gasteiger partial charge is 0.337 e. The summed E-state index contributed by atoms with van der Waals surface area (Å²) < 4.78 is 0. The zero-order valence-electron chi connectivity index (χ0n) is 11.3. The standard InChI is InChI=1S/C13H20N4OS/c1-3-10-8-17(4-5-19-10)13(18)11-7-15-9(2)6-12(11)16-14/h6-7,10H,3-5,8,14H2,1-2H3,(H,15,16). The van der Waals surface area contributed by atoms with E-state index in [1.54, 1.807) is 12.3 Å². The van der Waals surface area contributed by atoms with Gasteiger partial charge in [-0.2, -0.15) is 11.8 Å². The molecular formula is C13H20N4OS. The quantitative estimate of drug-likeness (QED) is 0.650. The summed E-state index contributed by atoms with van der Waals surface area (Å²) in [6.07, 6.45) is 2.69. The number of aryl methyl sites for hydroxylation is 1. The van der Waals surface area contributed by atoms with Gasteiger partial charge in [0, 0.05) is 36.0 Å². The van der Waals surface area contributed by atoms with Gasteiger partial charge < -0.3 is 10.3 Å². The number of nitrogens with zero attached hydrogens (tertiary/aromatic N) is 2. The van der Waals surface area contributed by atoms with Crippen molar-refractivity contribution in [2.75, 3.05) is 24.3 Å². The molecule has 0 saturated carbocycles. The predicted octanol–water partition coefficient (Wildman–Crippen LogP) is 1.64. The summed E-state index contributed by atoms with van der Waals surface area (Å²) in [7, 11) is 0. The lowest BCUT2D eigenvalue weighted by Crippen LogP contribution is -2.42. The highest BCUT2D eigenvalue weighted by molar-refractivity contribution is 8.00. The van der Waals surface area contributed by atoms with Crippen molar-refractivity contribution in [3.63, 3.8) is 0 Å². The summed E-state index contributed by atoms with van der Waals surface area (Å²) >= 11 is 1.94. The first-order valence-electron chi connectivity index (χ1n) is 6.49. The molecule has 2 heterocycles. The van der Waals surface area contributed by atoms with Crippen LogP contribution in [-0.2, 0) is 0 Å². The second kappa shape index (κ2) is 6.25. The van der Waals surface area contributed by atoms with Gasteiger partial charge >= 0.3 is 0 Å². The van der Waals surface area contributed by atoms with Crippen LogP contribution in [0, 0.1) is 6.92 Å². The Morgan fingerprint density at radius 1 is 1.68 bits per heavy atom. The molecule has 1 aliphatic heterocycles. The minimum atomic E-state index is 0.0131. The maximum absolute atomic E-state index is 12.5. The molecule has 1 saturated heterocycles. The van der Waals surface area contributed by atoms with Gasteiger partial charge in [0.25, 0.3) is 5.91 Å². The van der Waals surface area contributed by atoms with Crippen LogP contribution in [0.15, 0.2) is 12.3 Å². The van der Waals surface area contributed by atoms with Crippen LogP contribution < -0.4 is 11.3 Å². The Bertz CT molecular complexity index is 466. The molecule has 0 radical (unpaired) electrons. The molecule has 1 aromatic heterocycles. The molecule has 2 rings (SSSR count). The lowest BCUT2D eigenvalue weighted by atomic mass is 10.1. The molecule has 1 amide bonds. The molecule has 1 unspecified atom stereocenters. The third kappa shape index (κ3) is 3.19. The molecular weight excluding hydrogens is 260 g/mol. The third-order valence-electron chi connectivity index (χ3n) is 3.31. The first-order chi connectivity index (χ1) is 9.15. The Morgan fingerprint density at radius 2 is 2.47 bits per heavy atom. The van der Waals surface area contributed by atoms with Gasteiger partial charge in [0.15, 0.2) is 0 Å². The predicted molar refractivity (Wildman–Crippen MR) is 79.2 cm³/mol. The van der Waals surface area contributed by atoms with E-state index in [1.165, 1.54) is 0 Å². The maximum Gasteiger partial charge on any atom is 0.257 e. The smallest absolute Gasteiger partial charge is 0.257 e. The van der Waals surface area contributed by atoms with E-state index in [2.05, 4.69) is 17.3 Å². The van der Waals surface area contributed by atoms with E-state index in [9.17, 15) is 4.79 Å². The van der Waals surface area contributed by atoms with Gasteiger partial charge in [0.1, 0.15) is 0 Å². The van der Waals surface area contributed by atoms with Crippen LogP contribution in [0.1, 0.15) is 29.4 Å². The summed E-state index contributed by atoms with van der Waals surface area (Å²) in [6.45, 7) is 5.63. The van der Waals surface area contributed by atoms with Crippen molar-refractivity contribution < 1.29 is 4.79 Å². The monoisotopic (exact) mass is 280 g/mol.